The van der Waals surface area contributed by atoms with Crippen LogP contribution in [0.4, 0.5) is 5.69 Å². The minimum absolute atomic E-state index is 0.389. The third kappa shape index (κ3) is 5.02. The van der Waals surface area contributed by atoms with Crippen LogP contribution in [-0.2, 0) is 4.74 Å². The third-order valence-electron chi connectivity index (χ3n) is 7.18. The van der Waals surface area contributed by atoms with Crippen molar-refractivity contribution in [3.05, 3.63) is 28.8 Å². The van der Waals surface area contributed by atoms with Crippen molar-refractivity contribution in [2.75, 3.05) is 50.8 Å². The molecular formula is C23H35ClN2O2. The van der Waals surface area contributed by atoms with Gasteiger partial charge in [-0.3, -0.25) is 4.90 Å². The third-order valence-corrected chi connectivity index (χ3v) is 7.42. The van der Waals surface area contributed by atoms with Gasteiger partial charge in [0.05, 0.1) is 12.7 Å². The number of nitrogens with zero attached hydrogens (tertiary/aromatic N) is 2. The summed E-state index contributed by atoms with van der Waals surface area (Å²) in [6, 6.07) is 6.09. The van der Waals surface area contributed by atoms with Crippen LogP contribution in [0.15, 0.2) is 18.2 Å². The van der Waals surface area contributed by atoms with Crippen molar-refractivity contribution in [3.63, 3.8) is 0 Å². The first-order chi connectivity index (χ1) is 13.6. The van der Waals surface area contributed by atoms with Crippen LogP contribution in [0.25, 0.3) is 0 Å². The molecule has 0 spiro atoms. The van der Waals surface area contributed by atoms with Gasteiger partial charge in [-0.1, -0.05) is 24.1 Å². The number of piperazine rings is 1. The molecule has 0 radical (unpaired) electrons. The SMILES string of the molecule is Cc1ccc(Cl)cc1N1CCN(C[C@H](O)COCC[C@@H]2C[C@@H]3CC[C@@H]2C3)CC1. The lowest BCUT2D eigenvalue weighted by molar-refractivity contribution is 0.0100. The molecule has 156 valence electrons. The van der Waals surface area contributed by atoms with E-state index in [1.54, 1.807) is 0 Å². The number of β-amino-alcohol motifs (C(OH)–C–C–N with tert-alkyl or cyclic N) is 1. The standard InChI is InChI=1S/C23H35ClN2O2/c1-17-2-5-21(24)14-23(17)26-9-7-25(8-10-26)15-22(27)16-28-11-6-20-13-18-3-4-19(20)12-18/h2,5,14,18-20,22,27H,3-4,6-13,15-16H2,1H3/t18-,19-,20-,22+/m1/s1. The molecule has 2 saturated carbocycles. The molecular weight excluding hydrogens is 372 g/mol. The van der Waals surface area contributed by atoms with Gasteiger partial charge in [0.15, 0.2) is 0 Å². The van der Waals surface area contributed by atoms with Gasteiger partial charge in [-0.05, 0) is 68.1 Å². The summed E-state index contributed by atoms with van der Waals surface area (Å²) in [5.74, 6) is 2.87. The Kier molecular flexibility index (Phi) is 6.82. The van der Waals surface area contributed by atoms with E-state index >= 15 is 0 Å². The van der Waals surface area contributed by atoms with E-state index in [1.807, 2.05) is 6.07 Å². The molecule has 2 aliphatic carbocycles. The minimum atomic E-state index is -0.389. The zero-order valence-electron chi connectivity index (χ0n) is 17.2. The molecule has 1 heterocycles. The number of hydrogen-bond acceptors (Lipinski definition) is 4. The van der Waals surface area contributed by atoms with E-state index in [0.717, 1.165) is 55.6 Å². The van der Waals surface area contributed by atoms with Gasteiger partial charge in [-0.15, -0.1) is 0 Å². The highest BCUT2D eigenvalue weighted by atomic mass is 35.5. The predicted molar refractivity (Wildman–Crippen MR) is 115 cm³/mol. The molecule has 1 aromatic rings. The molecule has 0 amide bonds. The molecule has 0 aromatic heterocycles. The van der Waals surface area contributed by atoms with E-state index < -0.39 is 0 Å². The van der Waals surface area contributed by atoms with Gasteiger partial charge in [0.1, 0.15) is 0 Å². The smallest absolute Gasteiger partial charge is 0.0900 e. The number of rotatable bonds is 8. The van der Waals surface area contributed by atoms with E-state index in [-0.39, 0.29) is 6.10 Å². The number of benzene rings is 1. The van der Waals surface area contributed by atoms with Crippen LogP contribution < -0.4 is 4.90 Å². The molecule has 1 aliphatic heterocycles. The van der Waals surface area contributed by atoms with Gasteiger partial charge in [0.2, 0.25) is 0 Å². The van der Waals surface area contributed by atoms with Crippen molar-refractivity contribution >= 4 is 17.3 Å². The Morgan fingerprint density at radius 2 is 2.00 bits per heavy atom. The Morgan fingerprint density at radius 1 is 1.18 bits per heavy atom. The van der Waals surface area contributed by atoms with Crippen LogP contribution in [0.2, 0.25) is 5.02 Å². The maximum absolute atomic E-state index is 10.4. The molecule has 4 nitrogen and oxygen atoms in total. The second-order valence-electron chi connectivity index (χ2n) is 9.17. The van der Waals surface area contributed by atoms with Crippen molar-refractivity contribution in [2.45, 2.75) is 45.1 Å². The normalized spacial score (nSPS) is 28.8. The number of anilines is 1. The first-order valence-corrected chi connectivity index (χ1v) is 11.5. The zero-order valence-corrected chi connectivity index (χ0v) is 17.9. The second-order valence-corrected chi connectivity index (χ2v) is 9.61. The van der Waals surface area contributed by atoms with Gasteiger partial charge in [-0.2, -0.15) is 0 Å². The number of aliphatic hydroxyl groups excluding tert-OH is 1. The monoisotopic (exact) mass is 406 g/mol. The fourth-order valence-corrected chi connectivity index (χ4v) is 5.80. The molecule has 4 atom stereocenters. The zero-order chi connectivity index (χ0) is 19.5. The molecule has 5 heteroatoms. The van der Waals surface area contributed by atoms with E-state index in [2.05, 4.69) is 28.9 Å². The van der Waals surface area contributed by atoms with Crippen molar-refractivity contribution in [3.8, 4) is 0 Å². The molecule has 28 heavy (non-hydrogen) atoms. The summed E-state index contributed by atoms with van der Waals surface area (Å²) >= 11 is 6.17. The Hall–Kier alpha value is -0.810. The summed E-state index contributed by atoms with van der Waals surface area (Å²) in [7, 11) is 0. The van der Waals surface area contributed by atoms with E-state index in [0.29, 0.717) is 13.2 Å². The van der Waals surface area contributed by atoms with E-state index in [1.165, 1.54) is 43.4 Å². The Morgan fingerprint density at radius 3 is 2.71 bits per heavy atom. The average Bonchev–Trinajstić information content (AvgIpc) is 3.31. The van der Waals surface area contributed by atoms with Gasteiger partial charge in [-0.25, -0.2) is 0 Å². The van der Waals surface area contributed by atoms with Crippen LogP contribution in [0.3, 0.4) is 0 Å². The molecule has 1 aromatic carbocycles. The summed E-state index contributed by atoms with van der Waals surface area (Å²) < 4.78 is 5.82. The van der Waals surface area contributed by atoms with Gasteiger partial charge in [0, 0.05) is 50.0 Å². The molecule has 2 bridgehead atoms. The number of fused-ring (bicyclic) bond motifs is 2. The van der Waals surface area contributed by atoms with E-state index in [4.69, 9.17) is 16.3 Å². The lowest BCUT2D eigenvalue weighted by atomic mass is 9.87. The molecule has 3 fully saturated rings. The maximum atomic E-state index is 10.4. The largest absolute Gasteiger partial charge is 0.389 e. The van der Waals surface area contributed by atoms with Crippen molar-refractivity contribution in [2.24, 2.45) is 17.8 Å². The molecule has 1 saturated heterocycles. The van der Waals surface area contributed by atoms with Gasteiger partial charge in [0.25, 0.3) is 0 Å². The molecule has 1 N–H and O–H groups in total. The Bertz CT molecular complexity index is 647. The fraction of sp³-hybridized carbons (Fsp3) is 0.739. The summed E-state index contributed by atoms with van der Waals surface area (Å²) in [5, 5.41) is 11.2. The predicted octanol–water partition coefficient (Wildman–Crippen LogP) is 3.97. The number of aryl methyl sites for hydroxylation is 1. The van der Waals surface area contributed by atoms with Crippen LogP contribution in [0.1, 0.15) is 37.7 Å². The van der Waals surface area contributed by atoms with Gasteiger partial charge < -0.3 is 14.7 Å². The van der Waals surface area contributed by atoms with Crippen molar-refractivity contribution in [1.82, 2.24) is 4.90 Å². The van der Waals surface area contributed by atoms with Gasteiger partial charge >= 0.3 is 0 Å². The molecule has 0 unspecified atom stereocenters. The number of aliphatic hydroxyl groups is 1. The number of ether oxygens (including phenoxy) is 1. The fourth-order valence-electron chi connectivity index (χ4n) is 5.63. The highest BCUT2D eigenvalue weighted by Crippen LogP contribution is 2.49. The highest BCUT2D eigenvalue weighted by Gasteiger charge is 2.38. The summed E-state index contributed by atoms with van der Waals surface area (Å²) in [6.07, 6.45) is 6.59. The van der Waals surface area contributed by atoms with E-state index in [9.17, 15) is 5.11 Å². The average molecular weight is 407 g/mol. The highest BCUT2D eigenvalue weighted by molar-refractivity contribution is 6.30. The number of hydrogen-bond donors (Lipinski definition) is 1. The quantitative estimate of drug-likeness (QED) is 0.662. The van der Waals surface area contributed by atoms with Crippen LogP contribution in [0, 0.1) is 24.7 Å². The van der Waals surface area contributed by atoms with Crippen LogP contribution >= 0.6 is 11.6 Å². The summed E-state index contributed by atoms with van der Waals surface area (Å²) in [5.41, 5.74) is 2.50. The molecule has 4 rings (SSSR count). The lowest BCUT2D eigenvalue weighted by Gasteiger charge is -2.37. The first kappa shape index (κ1) is 20.5. The second kappa shape index (κ2) is 9.34. The summed E-state index contributed by atoms with van der Waals surface area (Å²) in [4.78, 5) is 4.75. The topological polar surface area (TPSA) is 35.9 Å². The number of halogens is 1. The van der Waals surface area contributed by atoms with Crippen LogP contribution in [0.5, 0.6) is 0 Å². The first-order valence-electron chi connectivity index (χ1n) is 11.1. The van der Waals surface area contributed by atoms with Crippen LogP contribution in [-0.4, -0.2) is 62.0 Å². The van der Waals surface area contributed by atoms with Crippen molar-refractivity contribution < 1.29 is 9.84 Å². The lowest BCUT2D eigenvalue weighted by Crippen LogP contribution is -2.49. The minimum Gasteiger partial charge on any atom is -0.389 e. The Labute approximate surface area is 174 Å². The molecule has 3 aliphatic rings. The van der Waals surface area contributed by atoms with Crippen molar-refractivity contribution in [1.29, 1.82) is 0 Å². The summed E-state index contributed by atoms with van der Waals surface area (Å²) in [6.45, 7) is 7.99. The maximum Gasteiger partial charge on any atom is 0.0900 e. The Balaban J connectivity index is 1.12.